The quantitative estimate of drug-likeness (QED) is 0.466. The third kappa shape index (κ3) is 1.15. The Hall–Kier alpha value is -2.17. The number of aromatic amines is 1. The van der Waals surface area contributed by atoms with Crippen LogP contribution in [-0.4, -0.2) is 22.1 Å². The van der Waals surface area contributed by atoms with Crippen LogP contribution in [-0.2, 0) is 4.79 Å². The van der Waals surface area contributed by atoms with Crippen molar-refractivity contribution in [1.29, 1.82) is 5.41 Å². The zero-order valence-corrected chi connectivity index (χ0v) is 7.16. The normalized spacial score (nSPS) is 10.3. The van der Waals surface area contributed by atoms with Gasteiger partial charge in [0.05, 0.1) is 11.1 Å². The fourth-order valence-corrected chi connectivity index (χ4v) is 1.24. The Labute approximate surface area is 79.5 Å². The van der Waals surface area contributed by atoms with Crippen molar-refractivity contribution in [2.75, 3.05) is 0 Å². The lowest BCUT2D eigenvalue weighted by Gasteiger charge is -1.88. The molecule has 1 aromatic heterocycles. The van der Waals surface area contributed by atoms with Crippen molar-refractivity contribution in [2.45, 2.75) is 0 Å². The lowest BCUT2D eigenvalue weighted by Crippen LogP contribution is -2.12. The molecule has 5 nitrogen and oxygen atoms in total. The number of para-hydroxylation sites is 1. The van der Waals surface area contributed by atoms with Gasteiger partial charge in [0.15, 0.2) is 11.7 Å². The van der Waals surface area contributed by atoms with E-state index in [4.69, 9.17) is 11.1 Å². The van der Waals surface area contributed by atoms with Crippen molar-refractivity contribution < 1.29 is 4.79 Å². The molecule has 0 aliphatic carbocycles. The summed E-state index contributed by atoms with van der Waals surface area (Å²) in [7, 11) is 0. The second-order valence-electron chi connectivity index (χ2n) is 2.80. The number of nitrogen functional groups attached to an aromatic ring is 1. The molecule has 14 heavy (non-hydrogen) atoms. The smallest absolute Gasteiger partial charge is 0.235 e. The molecule has 0 aliphatic rings. The Morgan fingerprint density at radius 2 is 2.36 bits per heavy atom. The van der Waals surface area contributed by atoms with Gasteiger partial charge >= 0.3 is 0 Å². The fraction of sp³-hybridized carbons (Fsp3) is 0. The minimum atomic E-state index is -0.155. The number of nitrogens with one attached hydrogen (secondary N) is 2. The average molecular weight is 187 g/mol. The Bertz CT molecular complexity index is 515. The maximum absolute atomic E-state index is 10.5. The first-order valence-electron chi connectivity index (χ1n) is 3.93. The summed E-state index contributed by atoms with van der Waals surface area (Å²) < 4.78 is 0. The second kappa shape index (κ2) is 2.95. The van der Waals surface area contributed by atoms with Crippen molar-refractivity contribution >= 4 is 23.2 Å². The lowest BCUT2D eigenvalue weighted by molar-refractivity contribution is 0.563. The van der Waals surface area contributed by atoms with E-state index in [1.165, 1.54) is 0 Å². The number of rotatable bonds is 2. The number of imidazole rings is 1. The molecule has 1 heterocycles. The van der Waals surface area contributed by atoms with Crippen molar-refractivity contribution in [3.8, 4) is 0 Å². The number of H-pyrrole nitrogens is 1. The number of benzene rings is 1. The van der Waals surface area contributed by atoms with Crippen LogP contribution in [0.4, 0.5) is 0 Å². The standard InChI is InChI=1S/C9H7N4O/c10-8(11)9-12-6-3-1-2-5(4-14)7(6)13-9/h1-3H,(H3,10,11)(H,12,13). The highest BCUT2D eigenvalue weighted by Crippen LogP contribution is 2.14. The number of hydrogen-bond acceptors (Lipinski definition) is 3. The summed E-state index contributed by atoms with van der Waals surface area (Å²) in [5.41, 5.74) is 6.80. The zero-order valence-electron chi connectivity index (χ0n) is 7.16. The second-order valence-corrected chi connectivity index (χ2v) is 2.80. The summed E-state index contributed by atoms with van der Waals surface area (Å²) >= 11 is 0. The van der Waals surface area contributed by atoms with Crippen molar-refractivity contribution in [3.63, 3.8) is 0 Å². The topological polar surface area (TPSA) is 95.6 Å². The van der Waals surface area contributed by atoms with Gasteiger partial charge in [0, 0.05) is 0 Å². The first-order chi connectivity index (χ1) is 6.72. The van der Waals surface area contributed by atoms with Gasteiger partial charge in [-0.2, -0.15) is 0 Å². The molecule has 0 fully saturated rings. The first kappa shape index (κ1) is 8.43. The first-order valence-corrected chi connectivity index (χ1v) is 3.93. The van der Waals surface area contributed by atoms with E-state index in [-0.39, 0.29) is 11.7 Å². The highest BCUT2D eigenvalue weighted by Gasteiger charge is 2.08. The summed E-state index contributed by atoms with van der Waals surface area (Å²) in [5, 5.41) is 7.18. The number of amidine groups is 1. The molecule has 5 heteroatoms. The van der Waals surface area contributed by atoms with Crippen LogP contribution in [0, 0.1) is 5.41 Å². The van der Waals surface area contributed by atoms with Crippen LogP contribution in [0.1, 0.15) is 11.4 Å². The van der Waals surface area contributed by atoms with Gasteiger partial charge in [-0.1, -0.05) is 6.07 Å². The van der Waals surface area contributed by atoms with Gasteiger partial charge in [0.25, 0.3) is 0 Å². The van der Waals surface area contributed by atoms with Crippen LogP contribution in [0.3, 0.4) is 0 Å². The van der Waals surface area contributed by atoms with E-state index in [0.717, 1.165) is 0 Å². The van der Waals surface area contributed by atoms with E-state index in [1.54, 1.807) is 24.5 Å². The van der Waals surface area contributed by atoms with Crippen LogP contribution < -0.4 is 5.73 Å². The molecule has 0 bridgehead atoms. The molecule has 1 radical (unpaired) electrons. The van der Waals surface area contributed by atoms with E-state index in [0.29, 0.717) is 16.6 Å². The van der Waals surface area contributed by atoms with Crippen LogP contribution in [0.25, 0.3) is 11.0 Å². The Kier molecular flexibility index (Phi) is 1.78. The SMILES string of the molecule is N=C(N)c1nc2c([C]=O)cccc2[nH]1. The largest absolute Gasteiger partial charge is 0.381 e. The number of hydrogen-bond donors (Lipinski definition) is 3. The predicted molar refractivity (Wildman–Crippen MR) is 51.9 cm³/mol. The zero-order chi connectivity index (χ0) is 10.1. The Balaban J connectivity index is 2.76. The number of nitrogens with two attached hydrogens (primary N) is 1. The molecule has 69 valence electrons. The number of fused-ring (bicyclic) bond motifs is 1. The van der Waals surface area contributed by atoms with Crippen LogP contribution >= 0.6 is 0 Å². The highest BCUT2D eigenvalue weighted by atomic mass is 16.1. The van der Waals surface area contributed by atoms with E-state index in [2.05, 4.69) is 9.97 Å². The van der Waals surface area contributed by atoms with Crippen molar-refractivity contribution in [1.82, 2.24) is 9.97 Å². The molecule has 0 saturated carbocycles. The summed E-state index contributed by atoms with van der Waals surface area (Å²) in [5.74, 6) is 0.112. The molecule has 2 rings (SSSR count). The minimum absolute atomic E-state index is 0.155. The average Bonchev–Trinajstić information content (AvgIpc) is 2.60. The van der Waals surface area contributed by atoms with Gasteiger partial charge in [-0.3, -0.25) is 10.2 Å². The molecule has 0 amide bonds. The molecule has 4 N–H and O–H groups in total. The number of nitrogens with zero attached hydrogens (tertiary/aromatic N) is 1. The van der Waals surface area contributed by atoms with E-state index >= 15 is 0 Å². The van der Waals surface area contributed by atoms with Crippen LogP contribution in [0.2, 0.25) is 0 Å². The summed E-state index contributed by atoms with van der Waals surface area (Å²) in [6.45, 7) is 0. The molecule has 0 aliphatic heterocycles. The van der Waals surface area contributed by atoms with Gasteiger partial charge in [-0.25, -0.2) is 4.98 Å². The lowest BCUT2D eigenvalue weighted by atomic mass is 10.2. The molecular formula is C9H7N4O. The van der Waals surface area contributed by atoms with Gasteiger partial charge in [-0.15, -0.1) is 0 Å². The molecule has 1 aromatic carbocycles. The maximum atomic E-state index is 10.5. The molecule has 2 aromatic rings. The van der Waals surface area contributed by atoms with Gasteiger partial charge in [0.2, 0.25) is 6.29 Å². The van der Waals surface area contributed by atoms with E-state index in [1.807, 2.05) is 0 Å². The van der Waals surface area contributed by atoms with Crippen molar-refractivity contribution in [2.24, 2.45) is 5.73 Å². The Morgan fingerprint density at radius 1 is 1.57 bits per heavy atom. The van der Waals surface area contributed by atoms with Gasteiger partial charge in [-0.05, 0) is 12.1 Å². The molecule has 0 saturated heterocycles. The summed E-state index contributed by atoms with van der Waals surface area (Å²) in [6, 6.07) is 5.08. The van der Waals surface area contributed by atoms with Gasteiger partial charge in [0.1, 0.15) is 5.52 Å². The van der Waals surface area contributed by atoms with Crippen LogP contribution in [0.5, 0.6) is 0 Å². The summed E-state index contributed by atoms with van der Waals surface area (Å²) in [6.07, 6.45) is 1.78. The van der Waals surface area contributed by atoms with Gasteiger partial charge < -0.3 is 10.7 Å². The predicted octanol–water partition coefficient (Wildman–Crippen LogP) is 0.305. The molecular weight excluding hydrogens is 180 g/mol. The number of aromatic nitrogens is 2. The van der Waals surface area contributed by atoms with Crippen molar-refractivity contribution in [3.05, 3.63) is 29.6 Å². The number of carbonyl (C=O) groups excluding carboxylic acids is 1. The molecule has 0 atom stereocenters. The minimum Gasteiger partial charge on any atom is -0.381 e. The summed E-state index contributed by atoms with van der Waals surface area (Å²) in [4.78, 5) is 17.4. The molecule has 0 spiro atoms. The highest BCUT2D eigenvalue weighted by molar-refractivity contribution is 5.99. The third-order valence-electron chi connectivity index (χ3n) is 1.88. The monoisotopic (exact) mass is 187 g/mol. The maximum Gasteiger partial charge on any atom is 0.235 e. The fourth-order valence-electron chi connectivity index (χ4n) is 1.24. The Morgan fingerprint density at radius 3 is 3.00 bits per heavy atom. The van der Waals surface area contributed by atoms with E-state index < -0.39 is 0 Å². The van der Waals surface area contributed by atoms with E-state index in [9.17, 15) is 4.79 Å². The third-order valence-corrected chi connectivity index (χ3v) is 1.88. The molecule has 0 unspecified atom stereocenters. The van der Waals surface area contributed by atoms with Crippen LogP contribution in [0.15, 0.2) is 18.2 Å².